The van der Waals surface area contributed by atoms with Crippen LogP contribution in [-0.4, -0.2) is 12.1 Å². The second-order valence-corrected chi connectivity index (χ2v) is 5.43. The van der Waals surface area contributed by atoms with E-state index in [-0.39, 0.29) is 5.92 Å². The standard InChI is InChI=1S/C14H16F3N/c15-14(16,17)11-3-1-2-9(6-11)10-7-12-4-5-13(8-10)18-12/h1-3,6,10,12-13,18H,4-5,7-8H2/t10?,12-,13+. The van der Waals surface area contributed by atoms with Crippen molar-refractivity contribution in [2.75, 3.05) is 0 Å². The predicted octanol–water partition coefficient (Wildman–Crippen LogP) is 3.70. The van der Waals surface area contributed by atoms with Crippen LogP contribution >= 0.6 is 0 Å². The molecule has 1 N–H and O–H groups in total. The normalized spacial score (nSPS) is 31.6. The van der Waals surface area contributed by atoms with Crippen molar-refractivity contribution in [1.82, 2.24) is 5.32 Å². The molecule has 0 aromatic heterocycles. The van der Waals surface area contributed by atoms with Crippen LogP contribution in [0.3, 0.4) is 0 Å². The van der Waals surface area contributed by atoms with Crippen molar-refractivity contribution >= 4 is 0 Å². The van der Waals surface area contributed by atoms with Crippen molar-refractivity contribution in [3.05, 3.63) is 35.4 Å². The summed E-state index contributed by atoms with van der Waals surface area (Å²) in [4.78, 5) is 0. The molecule has 98 valence electrons. The molecule has 4 heteroatoms. The smallest absolute Gasteiger partial charge is 0.311 e. The zero-order valence-corrected chi connectivity index (χ0v) is 10.0. The fourth-order valence-electron chi connectivity index (χ4n) is 3.30. The Morgan fingerprint density at radius 3 is 2.33 bits per heavy atom. The molecule has 0 radical (unpaired) electrons. The molecule has 0 saturated carbocycles. The number of rotatable bonds is 1. The maximum Gasteiger partial charge on any atom is 0.416 e. The minimum Gasteiger partial charge on any atom is -0.311 e. The predicted molar refractivity (Wildman–Crippen MR) is 63.4 cm³/mol. The van der Waals surface area contributed by atoms with Crippen LogP contribution in [0.25, 0.3) is 0 Å². The van der Waals surface area contributed by atoms with E-state index in [9.17, 15) is 13.2 Å². The van der Waals surface area contributed by atoms with Gasteiger partial charge in [0.25, 0.3) is 0 Å². The van der Waals surface area contributed by atoms with Crippen molar-refractivity contribution < 1.29 is 13.2 Å². The average Bonchev–Trinajstić information content (AvgIpc) is 2.67. The van der Waals surface area contributed by atoms with E-state index in [0.29, 0.717) is 12.1 Å². The molecule has 1 nitrogen and oxygen atoms in total. The zero-order valence-electron chi connectivity index (χ0n) is 10.0. The zero-order chi connectivity index (χ0) is 12.8. The highest BCUT2D eigenvalue weighted by Gasteiger charge is 2.35. The fourth-order valence-corrected chi connectivity index (χ4v) is 3.30. The van der Waals surface area contributed by atoms with Crippen LogP contribution < -0.4 is 5.32 Å². The van der Waals surface area contributed by atoms with Crippen LogP contribution in [0.5, 0.6) is 0 Å². The molecule has 0 amide bonds. The van der Waals surface area contributed by atoms with Crippen LogP contribution in [0.4, 0.5) is 13.2 Å². The van der Waals surface area contributed by atoms with Crippen molar-refractivity contribution in [3.63, 3.8) is 0 Å². The maximum atomic E-state index is 12.7. The first-order valence-corrected chi connectivity index (χ1v) is 6.45. The highest BCUT2D eigenvalue weighted by Crippen LogP contribution is 2.39. The van der Waals surface area contributed by atoms with Gasteiger partial charge in [-0.3, -0.25) is 0 Å². The van der Waals surface area contributed by atoms with Crippen molar-refractivity contribution in [1.29, 1.82) is 0 Å². The Morgan fingerprint density at radius 2 is 1.72 bits per heavy atom. The Labute approximate surface area is 104 Å². The largest absolute Gasteiger partial charge is 0.416 e. The summed E-state index contributed by atoms with van der Waals surface area (Å²) < 4.78 is 38.1. The number of piperidine rings is 1. The lowest BCUT2D eigenvalue weighted by atomic mass is 9.85. The minimum atomic E-state index is -4.23. The first kappa shape index (κ1) is 12.0. The number of hydrogen-bond donors (Lipinski definition) is 1. The SMILES string of the molecule is FC(F)(F)c1cccc(C2C[C@H]3CC[C@@H](C2)N3)c1. The van der Waals surface area contributed by atoms with Crippen molar-refractivity contribution in [2.45, 2.75) is 49.9 Å². The lowest BCUT2D eigenvalue weighted by Gasteiger charge is -2.29. The second-order valence-electron chi connectivity index (χ2n) is 5.43. The van der Waals surface area contributed by atoms with Gasteiger partial charge in [0.15, 0.2) is 0 Å². The van der Waals surface area contributed by atoms with Crippen LogP contribution in [0.2, 0.25) is 0 Å². The molecule has 2 saturated heterocycles. The Bertz CT molecular complexity index is 429. The van der Waals surface area contributed by atoms with Crippen molar-refractivity contribution in [3.8, 4) is 0 Å². The van der Waals surface area contributed by atoms with Gasteiger partial charge in [0, 0.05) is 12.1 Å². The molecule has 2 fully saturated rings. The number of benzene rings is 1. The summed E-state index contributed by atoms with van der Waals surface area (Å²) in [5.41, 5.74) is 0.328. The number of alkyl halides is 3. The van der Waals surface area contributed by atoms with Gasteiger partial charge in [-0.15, -0.1) is 0 Å². The molecule has 2 aliphatic rings. The number of hydrogen-bond acceptors (Lipinski definition) is 1. The van der Waals surface area contributed by atoms with E-state index >= 15 is 0 Å². The first-order valence-electron chi connectivity index (χ1n) is 6.45. The van der Waals surface area contributed by atoms with E-state index in [1.807, 2.05) is 6.07 Å². The Hall–Kier alpha value is -1.03. The minimum absolute atomic E-state index is 0.283. The van der Waals surface area contributed by atoms with E-state index in [4.69, 9.17) is 0 Å². The molecule has 1 aromatic rings. The Kier molecular flexibility index (Phi) is 2.85. The monoisotopic (exact) mass is 255 g/mol. The maximum absolute atomic E-state index is 12.7. The third-order valence-corrected chi connectivity index (χ3v) is 4.16. The van der Waals surface area contributed by atoms with Crippen molar-refractivity contribution in [2.24, 2.45) is 0 Å². The van der Waals surface area contributed by atoms with Crippen LogP contribution in [0.1, 0.15) is 42.7 Å². The van der Waals surface area contributed by atoms with Crippen LogP contribution in [0, 0.1) is 0 Å². The molecule has 2 heterocycles. The van der Waals surface area contributed by atoms with E-state index in [2.05, 4.69) is 5.32 Å². The summed E-state index contributed by atoms with van der Waals surface area (Å²) >= 11 is 0. The van der Waals surface area contributed by atoms with Gasteiger partial charge in [-0.1, -0.05) is 18.2 Å². The van der Waals surface area contributed by atoms with E-state index < -0.39 is 11.7 Å². The molecule has 0 spiro atoms. The molecule has 2 bridgehead atoms. The quantitative estimate of drug-likeness (QED) is 0.806. The lowest BCUT2D eigenvalue weighted by Crippen LogP contribution is -2.37. The lowest BCUT2D eigenvalue weighted by molar-refractivity contribution is -0.137. The number of nitrogens with one attached hydrogen (secondary N) is 1. The van der Waals surface area contributed by atoms with Gasteiger partial charge < -0.3 is 5.32 Å². The van der Waals surface area contributed by atoms with E-state index in [1.54, 1.807) is 0 Å². The summed E-state index contributed by atoms with van der Waals surface area (Å²) in [5, 5.41) is 3.51. The Balaban J connectivity index is 1.84. The first-order chi connectivity index (χ1) is 8.52. The average molecular weight is 255 g/mol. The molecule has 1 unspecified atom stereocenters. The Morgan fingerprint density at radius 1 is 1.06 bits per heavy atom. The van der Waals surface area contributed by atoms with Gasteiger partial charge in [0.05, 0.1) is 5.56 Å². The van der Waals surface area contributed by atoms with Gasteiger partial charge in [-0.2, -0.15) is 13.2 Å². The third-order valence-electron chi connectivity index (χ3n) is 4.16. The van der Waals surface area contributed by atoms with E-state index in [1.165, 1.54) is 25.0 Å². The number of halogens is 3. The molecular formula is C14H16F3N. The van der Waals surface area contributed by atoms with Gasteiger partial charge in [0.1, 0.15) is 0 Å². The fraction of sp³-hybridized carbons (Fsp3) is 0.571. The summed E-state index contributed by atoms with van der Waals surface area (Å²) in [6.45, 7) is 0. The van der Waals surface area contributed by atoms with Crippen LogP contribution in [0.15, 0.2) is 24.3 Å². The summed E-state index contributed by atoms with van der Waals surface area (Å²) in [7, 11) is 0. The molecule has 3 atom stereocenters. The van der Waals surface area contributed by atoms with Gasteiger partial charge >= 0.3 is 6.18 Å². The summed E-state index contributed by atoms with van der Waals surface area (Å²) in [6.07, 6.45) is 0.0395. The summed E-state index contributed by atoms with van der Waals surface area (Å²) in [6, 6.07) is 6.85. The molecular weight excluding hydrogens is 239 g/mol. The summed E-state index contributed by atoms with van der Waals surface area (Å²) in [5.74, 6) is 0.283. The van der Waals surface area contributed by atoms with E-state index in [0.717, 1.165) is 24.5 Å². The molecule has 1 aromatic carbocycles. The molecule has 2 aliphatic heterocycles. The highest BCUT2D eigenvalue weighted by molar-refractivity contribution is 5.29. The second kappa shape index (κ2) is 4.26. The molecule has 0 aliphatic carbocycles. The topological polar surface area (TPSA) is 12.0 Å². The van der Waals surface area contributed by atoms with Gasteiger partial charge in [-0.05, 0) is 43.2 Å². The van der Waals surface area contributed by atoms with Crippen LogP contribution in [-0.2, 0) is 6.18 Å². The molecule has 18 heavy (non-hydrogen) atoms. The van der Waals surface area contributed by atoms with Gasteiger partial charge in [0.2, 0.25) is 0 Å². The van der Waals surface area contributed by atoms with Gasteiger partial charge in [-0.25, -0.2) is 0 Å². The molecule has 3 rings (SSSR count). The highest BCUT2D eigenvalue weighted by atomic mass is 19.4. The third kappa shape index (κ3) is 2.26. The number of fused-ring (bicyclic) bond motifs is 2.